The molecule has 0 bridgehead atoms. The molecule has 1 fully saturated rings. The molecule has 2 heteroatoms. The van der Waals surface area contributed by atoms with Gasteiger partial charge in [0, 0.05) is 10.4 Å². The Morgan fingerprint density at radius 1 is 1.19 bits per heavy atom. The fourth-order valence-electron chi connectivity index (χ4n) is 2.15. The van der Waals surface area contributed by atoms with E-state index in [1.54, 1.807) is 0 Å². The highest BCUT2D eigenvalue weighted by atomic mass is 35.5. The topological polar surface area (TPSA) is 17.1 Å². The molecule has 0 amide bonds. The fraction of sp³-hybridized carbons (Fsp3) is 0.214. The molecule has 2 aromatic carbocycles. The minimum atomic E-state index is -0.215. The normalized spacial score (nSPS) is 17.3. The van der Waals surface area contributed by atoms with Crippen LogP contribution in [0.1, 0.15) is 18.4 Å². The highest BCUT2D eigenvalue weighted by Crippen LogP contribution is 2.47. The van der Waals surface area contributed by atoms with E-state index in [9.17, 15) is 4.79 Å². The summed E-state index contributed by atoms with van der Waals surface area (Å²) in [6, 6.07) is 12.0. The molecule has 1 nitrogen and oxygen atoms in total. The Morgan fingerprint density at radius 2 is 2.00 bits per heavy atom. The van der Waals surface area contributed by atoms with Gasteiger partial charge in [-0.05, 0) is 35.9 Å². The molecule has 3 rings (SSSR count). The maximum Gasteiger partial charge on any atom is 0.130 e. The summed E-state index contributed by atoms with van der Waals surface area (Å²) in [6.07, 6.45) is 3.00. The van der Waals surface area contributed by atoms with Crippen LogP contribution in [0, 0.1) is 0 Å². The van der Waals surface area contributed by atoms with E-state index in [2.05, 4.69) is 6.07 Å². The third-order valence-electron chi connectivity index (χ3n) is 3.42. The third-order valence-corrected chi connectivity index (χ3v) is 3.75. The van der Waals surface area contributed by atoms with Crippen LogP contribution in [0.15, 0.2) is 36.4 Å². The van der Waals surface area contributed by atoms with E-state index >= 15 is 0 Å². The maximum atomic E-state index is 11.1. The number of halogens is 1. The first kappa shape index (κ1) is 9.86. The van der Waals surface area contributed by atoms with Crippen molar-refractivity contribution in [1.82, 2.24) is 0 Å². The van der Waals surface area contributed by atoms with Crippen LogP contribution < -0.4 is 0 Å². The first-order valence-corrected chi connectivity index (χ1v) is 5.78. The summed E-state index contributed by atoms with van der Waals surface area (Å²) in [5, 5.41) is 2.91. The van der Waals surface area contributed by atoms with Crippen LogP contribution in [0.25, 0.3) is 10.8 Å². The summed E-state index contributed by atoms with van der Waals surface area (Å²) in [5.74, 6) is 0. The highest BCUT2D eigenvalue weighted by Gasteiger charge is 2.44. The largest absolute Gasteiger partial charge is 0.302 e. The van der Waals surface area contributed by atoms with Gasteiger partial charge in [-0.1, -0.05) is 35.9 Å². The van der Waals surface area contributed by atoms with Crippen molar-refractivity contribution in [3.05, 3.63) is 47.0 Å². The molecule has 0 heterocycles. The van der Waals surface area contributed by atoms with Crippen molar-refractivity contribution in [2.75, 3.05) is 0 Å². The fourth-order valence-corrected chi connectivity index (χ4v) is 2.39. The number of rotatable bonds is 2. The van der Waals surface area contributed by atoms with Gasteiger partial charge >= 0.3 is 0 Å². The lowest BCUT2D eigenvalue weighted by Gasteiger charge is -2.09. The minimum absolute atomic E-state index is 0.215. The molecule has 0 aliphatic heterocycles. The number of fused-ring (bicyclic) bond motifs is 1. The van der Waals surface area contributed by atoms with Crippen LogP contribution in [0.3, 0.4) is 0 Å². The predicted molar refractivity (Wildman–Crippen MR) is 65.9 cm³/mol. The van der Waals surface area contributed by atoms with Gasteiger partial charge in [0.05, 0.1) is 5.41 Å². The van der Waals surface area contributed by atoms with Crippen molar-refractivity contribution in [1.29, 1.82) is 0 Å². The Kier molecular flexibility index (Phi) is 2.05. The number of hydrogen-bond acceptors (Lipinski definition) is 1. The average Bonchev–Trinajstić information content (AvgIpc) is 3.10. The molecule has 0 radical (unpaired) electrons. The number of hydrogen-bond donors (Lipinski definition) is 0. The van der Waals surface area contributed by atoms with Crippen molar-refractivity contribution in [2.45, 2.75) is 18.3 Å². The molecule has 0 saturated heterocycles. The van der Waals surface area contributed by atoms with Crippen molar-refractivity contribution < 1.29 is 4.79 Å². The summed E-state index contributed by atoms with van der Waals surface area (Å²) < 4.78 is 0. The zero-order valence-corrected chi connectivity index (χ0v) is 9.50. The maximum absolute atomic E-state index is 11.1. The summed E-state index contributed by atoms with van der Waals surface area (Å²) in [5.41, 5.74) is 0.885. The van der Waals surface area contributed by atoms with Gasteiger partial charge in [0.15, 0.2) is 0 Å². The van der Waals surface area contributed by atoms with E-state index in [1.807, 2.05) is 30.3 Å². The van der Waals surface area contributed by atoms with Crippen LogP contribution in [-0.4, -0.2) is 6.29 Å². The number of benzene rings is 2. The highest BCUT2D eigenvalue weighted by molar-refractivity contribution is 6.35. The van der Waals surface area contributed by atoms with E-state index in [1.165, 1.54) is 0 Å². The van der Waals surface area contributed by atoms with E-state index in [0.717, 1.165) is 40.5 Å². The van der Waals surface area contributed by atoms with Gasteiger partial charge in [0.25, 0.3) is 0 Å². The van der Waals surface area contributed by atoms with Crippen molar-refractivity contribution in [2.24, 2.45) is 0 Å². The molecule has 2 aromatic rings. The zero-order chi connectivity index (χ0) is 11.2. The molecule has 0 unspecified atom stereocenters. The Labute approximate surface area is 99.0 Å². The first-order chi connectivity index (χ1) is 7.75. The lowest BCUT2D eigenvalue weighted by atomic mass is 9.95. The monoisotopic (exact) mass is 230 g/mol. The molecule has 0 aromatic heterocycles. The Bertz CT molecular complexity index is 570. The molecule has 16 heavy (non-hydrogen) atoms. The Balaban J connectivity index is 2.23. The van der Waals surface area contributed by atoms with Gasteiger partial charge in [0.2, 0.25) is 0 Å². The molecule has 80 valence electrons. The van der Waals surface area contributed by atoms with Gasteiger partial charge in [0.1, 0.15) is 6.29 Å². The van der Waals surface area contributed by atoms with Gasteiger partial charge < -0.3 is 4.79 Å². The average molecular weight is 231 g/mol. The summed E-state index contributed by atoms with van der Waals surface area (Å²) >= 11 is 6.15. The van der Waals surface area contributed by atoms with E-state index in [0.29, 0.717) is 0 Å². The minimum Gasteiger partial charge on any atom is -0.302 e. The zero-order valence-electron chi connectivity index (χ0n) is 8.74. The van der Waals surface area contributed by atoms with Crippen molar-refractivity contribution >= 4 is 28.7 Å². The summed E-state index contributed by atoms with van der Waals surface area (Å²) in [7, 11) is 0. The second kappa shape index (κ2) is 3.33. The van der Waals surface area contributed by atoms with Crippen LogP contribution in [0.2, 0.25) is 5.02 Å². The molecule has 1 aliphatic carbocycles. The molecule has 1 aliphatic rings. The van der Waals surface area contributed by atoms with Gasteiger partial charge in [-0.15, -0.1) is 0 Å². The summed E-state index contributed by atoms with van der Waals surface area (Å²) in [6.45, 7) is 0. The van der Waals surface area contributed by atoms with Crippen molar-refractivity contribution in [3.8, 4) is 0 Å². The molecule has 0 spiro atoms. The van der Waals surface area contributed by atoms with E-state index < -0.39 is 0 Å². The van der Waals surface area contributed by atoms with Gasteiger partial charge in [-0.2, -0.15) is 0 Å². The molecule has 0 N–H and O–H groups in total. The van der Waals surface area contributed by atoms with Crippen molar-refractivity contribution in [3.63, 3.8) is 0 Å². The van der Waals surface area contributed by atoms with Gasteiger partial charge in [-0.25, -0.2) is 0 Å². The van der Waals surface area contributed by atoms with E-state index in [-0.39, 0.29) is 5.41 Å². The van der Waals surface area contributed by atoms with Crippen LogP contribution >= 0.6 is 11.6 Å². The van der Waals surface area contributed by atoms with Crippen LogP contribution in [-0.2, 0) is 10.2 Å². The molecular weight excluding hydrogens is 220 g/mol. The second-order valence-corrected chi connectivity index (χ2v) is 4.86. The lowest BCUT2D eigenvalue weighted by Crippen LogP contribution is -2.07. The molecule has 1 saturated carbocycles. The standard InChI is InChI=1S/C14H11ClO/c15-13-3-1-2-10-4-5-11(8-12(10)13)14(9-16)6-7-14/h1-5,8-9H,6-7H2. The second-order valence-electron chi connectivity index (χ2n) is 4.45. The van der Waals surface area contributed by atoms with Crippen LogP contribution in [0.5, 0.6) is 0 Å². The predicted octanol–water partition coefficient (Wildman–Crippen LogP) is 3.72. The SMILES string of the molecule is O=CC1(c2ccc3cccc(Cl)c3c2)CC1. The first-order valence-electron chi connectivity index (χ1n) is 5.40. The lowest BCUT2D eigenvalue weighted by molar-refractivity contribution is -0.109. The third kappa shape index (κ3) is 1.35. The Morgan fingerprint density at radius 3 is 2.69 bits per heavy atom. The van der Waals surface area contributed by atoms with E-state index in [4.69, 9.17) is 11.6 Å². The van der Waals surface area contributed by atoms with Crippen LogP contribution in [0.4, 0.5) is 0 Å². The number of carbonyl (C=O) groups excluding carboxylic acids is 1. The Hall–Kier alpha value is -1.34. The smallest absolute Gasteiger partial charge is 0.130 e. The summed E-state index contributed by atoms with van der Waals surface area (Å²) in [4.78, 5) is 11.1. The molecule has 0 atom stereocenters. The number of carbonyl (C=O) groups is 1. The van der Waals surface area contributed by atoms with Gasteiger partial charge in [-0.3, -0.25) is 0 Å². The quantitative estimate of drug-likeness (QED) is 0.719. The molecular formula is C14H11ClO. The number of aldehydes is 1.